The van der Waals surface area contributed by atoms with E-state index in [0.717, 1.165) is 5.56 Å². The molecule has 1 heterocycles. The Labute approximate surface area is 113 Å². The Hall–Kier alpha value is -1.86. The zero-order valence-corrected chi connectivity index (χ0v) is 11.2. The van der Waals surface area contributed by atoms with Crippen LogP contribution >= 0.6 is 0 Å². The fourth-order valence-electron chi connectivity index (χ4n) is 1.43. The van der Waals surface area contributed by atoms with Gasteiger partial charge in [0, 0.05) is 17.7 Å². The molecule has 4 heteroatoms. The lowest BCUT2D eigenvalue weighted by atomic mass is 10.1. The van der Waals surface area contributed by atoms with Crippen molar-refractivity contribution in [2.24, 2.45) is 5.92 Å². The average Bonchev–Trinajstić information content (AvgIpc) is 3.20. The van der Waals surface area contributed by atoms with Gasteiger partial charge in [0.2, 0.25) is 0 Å². The molecule has 0 aliphatic heterocycles. The molecule has 0 aromatic carbocycles. The van der Waals surface area contributed by atoms with E-state index in [1.54, 1.807) is 32.2 Å². The van der Waals surface area contributed by atoms with E-state index in [4.69, 9.17) is 5.11 Å². The standard InChI is InChI=1S/C15H18N2O2/c1-15(2,10-18)17-14(19)13-8-7-12(9-16-13)6-5-11-3-4-11/h7-9,11,18H,3-4,10H2,1-2H3,(H,17,19). The molecule has 1 amide bonds. The fourth-order valence-corrected chi connectivity index (χ4v) is 1.43. The number of nitrogens with one attached hydrogen (secondary N) is 1. The lowest BCUT2D eigenvalue weighted by molar-refractivity contribution is 0.0864. The largest absolute Gasteiger partial charge is 0.394 e. The van der Waals surface area contributed by atoms with Crippen molar-refractivity contribution < 1.29 is 9.90 Å². The van der Waals surface area contributed by atoms with Crippen LogP contribution in [0.15, 0.2) is 18.3 Å². The summed E-state index contributed by atoms with van der Waals surface area (Å²) in [7, 11) is 0. The highest BCUT2D eigenvalue weighted by Crippen LogP contribution is 2.27. The highest BCUT2D eigenvalue weighted by Gasteiger charge is 2.20. The van der Waals surface area contributed by atoms with E-state index >= 15 is 0 Å². The third kappa shape index (κ3) is 4.08. The van der Waals surface area contributed by atoms with Gasteiger partial charge < -0.3 is 10.4 Å². The van der Waals surface area contributed by atoms with Crippen molar-refractivity contribution in [3.8, 4) is 11.8 Å². The van der Waals surface area contributed by atoms with Crippen LogP contribution in [-0.2, 0) is 0 Å². The summed E-state index contributed by atoms with van der Waals surface area (Å²) < 4.78 is 0. The number of aromatic nitrogens is 1. The van der Waals surface area contributed by atoms with Gasteiger partial charge in [0.05, 0.1) is 12.1 Å². The van der Waals surface area contributed by atoms with Crippen molar-refractivity contribution >= 4 is 5.91 Å². The highest BCUT2D eigenvalue weighted by molar-refractivity contribution is 5.92. The maximum absolute atomic E-state index is 11.9. The van der Waals surface area contributed by atoms with Crippen molar-refractivity contribution in [2.45, 2.75) is 32.2 Å². The SMILES string of the molecule is CC(C)(CO)NC(=O)c1ccc(C#CC2CC2)cn1. The third-order valence-electron chi connectivity index (χ3n) is 2.84. The van der Waals surface area contributed by atoms with E-state index in [9.17, 15) is 4.79 Å². The molecule has 1 aliphatic carbocycles. The Bertz CT molecular complexity index is 519. The summed E-state index contributed by atoms with van der Waals surface area (Å²) in [4.78, 5) is 16.0. The smallest absolute Gasteiger partial charge is 0.270 e. The number of hydrogen-bond acceptors (Lipinski definition) is 3. The molecule has 19 heavy (non-hydrogen) atoms. The van der Waals surface area contributed by atoms with Crippen molar-refractivity contribution in [3.63, 3.8) is 0 Å². The first kappa shape index (κ1) is 13.6. The van der Waals surface area contributed by atoms with E-state index in [2.05, 4.69) is 22.1 Å². The van der Waals surface area contributed by atoms with Crippen LogP contribution in [0.1, 0.15) is 42.7 Å². The van der Waals surface area contributed by atoms with Gasteiger partial charge in [-0.15, -0.1) is 0 Å². The molecule has 0 spiro atoms. The molecule has 1 aromatic rings. The van der Waals surface area contributed by atoms with Crippen molar-refractivity contribution in [2.75, 3.05) is 6.61 Å². The van der Waals surface area contributed by atoms with Crippen molar-refractivity contribution in [1.82, 2.24) is 10.3 Å². The van der Waals surface area contributed by atoms with Crippen LogP contribution in [0.2, 0.25) is 0 Å². The van der Waals surface area contributed by atoms with Gasteiger partial charge in [-0.3, -0.25) is 4.79 Å². The molecule has 0 bridgehead atoms. The maximum atomic E-state index is 11.9. The molecule has 0 atom stereocenters. The molecule has 4 nitrogen and oxygen atoms in total. The highest BCUT2D eigenvalue weighted by atomic mass is 16.3. The Balaban J connectivity index is 2.01. The molecular formula is C15H18N2O2. The molecule has 2 rings (SSSR count). The zero-order valence-electron chi connectivity index (χ0n) is 11.2. The van der Waals surface area contributed by atoms with Crippen LogP contribution in [-0.4, -0.2) is 28.1 Å². The number of hydrogen-bond donors (Lipinski definition) is 2. The average molecular weight is 258 g/mol. The van der Waals surface area contributed by atoms with Gasteiger partial charge in [0.1, 0.15) is 5.69 Å². The van der Waals surface area contributed by atoms with Gasteiger partial charge in [-0.05, 0) is 38.8 Å². The van der Waals surface area contributed by atoms with Gasteiger partial charge >= 0.3 is 0 Å². The summed E-state index contributed by atoms with van der Waals surface area (Å²) in [5.41, 5.74) is 0.506. The normalized spacial score (nSPS) is 14.5. The van der Waals surface area contributed by atoms with Crippen molar-refractivity contribution in [1.29, 1.82) is 0 Å². The summed E-state index contributed by atoms with van der Waals surface area (Å²) in [6.45, 7) is 3.38. The number of carbonyl (C=O) groups excluding carboxylic acids is 1. The number of carbonyl (C=O) groups is 1. The van der Waals surface area contributed by atoms with Crippen LogP contribution < -0.4 is 5.32 Å². The number of aliphatic hydroxyl groups is 1. The molecule has 1 aromatic heterocycles. The van der Waals surface area contributed by atoms with Crippen LogP contribution in [0.3, 0.4) is 0 Å². The predicted molar refractivity (Wildman–Crippen MR) is 72.5 cm³/mol. The molecule has 100 valence electrons. The number of amides is 1. The minimum Gasteiger partial charge on any atom is -0.394 e. The number of aliphatic hydroxyl groups excluding tert-OH is 1. The van der Waals surface area contributed by atoms with Gasteiger partial charge in [0.15, 0.2) is 0 Å². The Morgan fingerprint density at radius 3 is 2.79 bits per heavy atom. The van der Waals surface area contributed by atoms with Gasteiger partial charge in [0.25, 0.3) is 5.91 Å². The second-order valence-corrected chi connectivity index (χ2v) is 5.47. The van der Waals surface area contributed by atoms with Crippen LogP contribution in [0.4, 0.5) is 0 Å². The van der Waals surface area contributed by atoms with Gasteiger partial charge in [-0.2, -0.15) is 0 Å². The molecule has 1 aliphatic rings. The minimum absolute atomic E-state index is 0.121. The maximum Gasteiger partial charge on any atom is 0.270 e. The van der Waals surface area contributed by atoms with Gasteiger partial charge in [-0.1, -0.05) is 11.8 Å². The molecule has 0 unspecified atom stereocenters. The number of rotatable bonds is 3. The first-order valence-corrected chi connectivity index (χ1v) is 6.41. The monoisotopic (exact) mass is 258 g/mol. The van der Waals surface area contributed by atoms with Crippen LogP contribution in [0.5, 0.6) is 0 Å². The molecule has 0 radical (unpaired) electrons. The molecule has 1 saturated carbocycles. The Kier molecular flexibility index (Phi) is 3.87. The lowest BCUT2D eigenvalue weighted by Gasteiger charge is -2.23. The van der Waals surface area contributed by atoms with E-state index in [-0.39, 0.29) is 12.5 Å². The summed E-state index contributed by atoms with van der Waals surface area (Å²) in [5.74, 6) is 6.45. The summed E-state index contributed by atoms with van der Waals surface area (Å²) in [6, 6.07) is 3.45. The summed E-state index contributed by atoms with van der Waals surface area (Å²) >= 11 is 0. The molecule has 2 N–H and O–H groups in total. The molecule has 0 saturated heterocycles. The van der Waals surface area contributed by atoms with E-state index < -0.39 is 5.54 Å². The molecule has 1 fully saturated rings. The Morgan fingerprint density at radius 2 is 2.26 bits per heavy atom. The topological polar surface area (TPSA) is 62.2 Å². The fraction of sp³-hybridized carbons (Fsp3) is 0.467. The van der Waals surface area contributed by atoms with E-state index in [0.29, 0.717) is 11.6 Å². The second-order valence-electron chi connectivity index (χ2n) is 5.47. The predicted octanol–water partition coefficient (Wildman–Crippen LogP) is 1.34. The van der Waals surface area contributed by atoms with Crippen LogP contribution in [0, 0.1) is 17.8 Å². The van der Waals surface area contributed by atoms with Crippen LogP contribution in [0.25, 0.3) is 0 Å². The lowest BCUT2D eigenvalue weighted by Crippen LogP contribution is -2.46. The second kappa shape index (κ2) is 5.41. The summed E-state index contributed by atoms with van der Waals surface area (Å²) in [5, 5.41) is 11.8. The first-order chi connectivity index (χ1) is 9.00. The summed E-state index contributed by atoms with van der Waals surface area (Å²) in [6.07, 6.45) is 3.99. The van der Waals surface area contributed by atoms with E-state index in [1.807, 2.05) is 0 Å². The number of nitrogens with zero attached hydrogens (tertiary/aromatic N) is 1. The van der Waals surface area contributed by atoms with Gasteiger partial charge in [-0.25, -0.2) is 4.98 Å². The third-order valence-corrected chi connectivity index (χ3v) is 2.84. The quantitative estimate of drug-likeness (QED) is 0.804. The first-order valence-electron chi connectivity index (χ1n) is 6.41. The minimum atomic E-state index is -0.650. The molecular weight excluding hydrogens is 240 g/mol. The number of pyridine rings is 1. The Morgan fingerprint density at radius 1 is 1.53 bits per heavy atom. The zero-order chi connectivity index (χ0) is 13.9. The van der Waals surface area contributed by atoms with Crippen molar-refractivity contribution in [3.05, 3.63) is 29.6 Å². The van der Waals surface area contributed by atoms with E-state index in [1.165, 1.54) is 12.8 Å².